The number of hydrogen-bond acceptors (Lipinski definition) is 7. The Bertz CT molecular complexity index is 833. The number of esters is 1. The first-order chi connectivity index (χ1) is 12.9. The monoisotopic (exact) mass is 372 g/mol. The van der Waals surface area contributed by atoms with Crippen LogP contribution in [0.1, 0.15) is 11.1 Å². The molecule has 0 unspecified atom stereocenters. The summed E-state index contributed by atoms with van der Waals surface area (Å²) in [7, 11) is 0. The second-order valence-electron chi connectivity index (χ2n) is 6.14. The van der Waals surface area contributed by atoms with Crippen LogP contribution in [0.4, 0.5) is 11.4 Å². The number of rotatable bonds is 8. The van der Waals surface area contributed by atoms with Crippen LogP contribution in [0.25, 0.3) is 0 Å². The first kappa shape index (κ1) is 18.5. The molecule has 3 rings (SSSR count). The largest absolute Gasteiger partial charge is 0.459 e. The minimum atomic E-state index is -0.738. The van der Waals surface area contributed by atoms with E-state index in [9.17, 15) is 25.0 Å². The molecule has 1 saturated heterocycles. The van der Waals surface area contributed by atoms with Crippen molar-refractivity contribution in [3.8, 4) is 0 Å². The molecule has 9 nitrogen and oxygen atoms in total. The second kappa shape index (κ2) is 7.92. The average molecular weight is 372 g/mol. The average Bonchev–Trinajstić information content (AvgIpc) is 3.46. The van der Waals surface area contributed by atoms with Crippen LogP contribution >= 0.6 is 0 Å². The molecule has 0 saturated carbocycles. The molecule has 1 aliphatic heterocycles. The minimum absolute atomic E-state index is 0.149. The minimum Gasteiger partial charge on any atom is -0.459 e. The lowest BCUT2D eigenvalue weighted by Crippen LogP contribution is -2.27. The molecule has 2 aromatic carbocycles. The third-order valence-electron chi connectivity index (χ3n) is 4.07. The van der Waals surface area contributed by atoms with Gasteiger partial charge < -0.3 is 9.47 Å². The zero-order chi connectivity index (χ0) is 19.4. The molecule has 140 valence electrons. The van der Waals surface area contributed by atoms with Gasteiger partial charge in [-0.3, -0.25) is 25.0 Å². The van der Waals surface area contributed by atoms with Crippen molar-refractivity contribution in [2.45, 2.75) is 25.0 Å². The molecule has 2 aromatic rings. The molecular formula is C18H16N2O7. The van der Waals surface area contributed by atoms with Gasteiger partial charge in [-0.25, -0.2) is 0 Å². The lowest BCUT2D eigenvalue weighted by molar-refractivity contribution is -0.394. The van der Waals surface area contributed by atoms with Crippen LogP contribution in [-0.2, 0) is 27.1 Å². The molecule has 0 N–H and O–H groups in total. The van der Waals surface area contributed by atoms with Gasteiger partial charge in [0.25, 0.3) is 11.4 Å². The number of nitrogens with zero attached hydrogens (tertiary/aromatic N) is 2. The normalized spacial score (nSPS) is 16.4. The van der Waals surface area contributed by atoms with E-state index < -0.39 is 33.3 Å². The molecule has 9 heteroatoms. The standard InChI is InChI=1S/C18H16N2O7/c21-18(9-13-6-14(19(22)23)10-15(7-13)20(24)25)27-16(17-11-26-17)8-12-4-2-1-3-5-12/h1-7,10,16-17H,8-9,11H2/t16-,17-/m0/s1. The van der Waals surface area contributed by atoms with Crippen molar-refractivity contribution in [3.63, 3.8) is 0 Å². The summed E-state index contributed by atoms with van der Waals surface area (Å²) in [6.45, 7) is 0.493. The summed E-state index contributed by atoms with van der Waals surface area (Å²) in [5.74, 6) is -0.624. The maximum Gasteiger partial charge on any atom is 0.310 e. The predicted octanol–water partition coefficient (Wildman–Crippen LogP) is 2.60. The van der Waals surface area contributed by atoms with E-state index in [1.54, 1.807) is 0 Å². The number of ether oxygens (including phenoxy) is 2. The van der Waals surface area contributed by atoms with Crippen LogP contribution in [0.2, 0.25) is 0 Å². The van der Waals surface area contributed by atoms with Crippen molar-refractivity contribution in [1.29, 1.82) is 0 Å². The molecule has 0 bridgehead atoms. The molecule has 1 aliphatic rings. The molecule has 0 amide bonds. The first-order valence-electron chi connectivity index (χ1n) is 8.20. The highest BCUT2D eigenvalue weighted by Gasteiger charge is 2.35. The van der Waals surface area contributed by atoms with E-state index in [4.69, 9.17) is 9.47 Å². The number of carbonyl (C=O) groups excluding carboxylic acids is 1. The van der Waals surface area contributed by atoms with Crippen LogP contribution in [0, 0.1) is 20.2 Å². The maximum atomic E-state index is 12.3. The van der Waals surface area contributed by atoms with Crippen LogP contribution < -0.4 is 0 Å². The topological polar surface area (TPSA) is 125 Å². The summed E-state index contributed by atoms with van der Waals surface area (Å²) in [6.07, 6.45) is -0.491. The van der Waals surface area contributed by atoms with Crippen molar-refractivity contribution in [2.75, 3.05) is 6.61 Å². The fourth-order valence-electron chi connectivity index (χ4n) is 2.71. The van der Waals surface area contributed by atoms with E-state index in [2.05, 4.69) is 0 Å². The summed E-state index contributed by atoms with van der Waals surface area (Å²) in [5, 5.41) is 21.9. The highest BCUT2D eigenvalue weighted by molar-refractivity contribution is 5.73. The maximum absolute atomic E-state index is 12.3. The molecule has 0 aliphatic carbocycles. The Balaban J connectivity index is 1.70. The third kappa shape index (κ3) is 5.08. The van der Waals surface area contributed by atoms with Crippen LogP contribution in [0.3, 0.4) is 0 Å². The van der Waals surface area contributed by atoms with Gasteiger partial charge in [0.1, 0.15) is 12.2 Å². The molecule has 0 radical (unpaired) electrons. The van der Waals surface area contributed by atoms with Crippen LogP contribution in [0.15, 0.2) is 48.5 Å². The lowest BCUT2D eigenvalue weighted by Gasteiger charge is -2.16. The summed E-state index contributed by atoms with van der Waals surface area (Å²) in [4.78, 5) is 32.7. The van der Waals surface area contributed by atoms with Gasteiger partial charge in [-0.1, -0.05) is 30.3 Å². The molecular weight excluding hydrogens is 356 g/mol. The number of hydrogen-bond donors (Lipinski definition) is 0. The van der Waals surface area contributed by atoms with Crippen molar-refractivity contribution in [1.82, 2.24) is 0 Å². The highest BCUT2D eigenvalue weighted by atomic mass is 16.6. The second-order valence-corrected chi connectivity index (χ2v) is 6.14. The van der Waals surface area contributed by atoms with Crippen LogP contribution in [0.5, 0.6) is 0 Å². The van der Waals surface area contributed by atoms with Gasteiger partial charge in [-0.05, 0) is 11.1 Å². The Hall–Kier alpha value is -3.33. The van der Waals surface area contributed by atoms with E-state index in [0.29, 0.717) is 13.0 Å². The fourth-order valence-corrected chi connectivity index (χ4v) is 2.71. The number of epoxide rings is 1. The van der Waals surface area contributed by atoms with Crippen LogP contribution in [-0.4, -0.2) is 34.6 Å². The zero-order valence-electron chi connectivity index (χ0n) is 14.1. The Morgan fingerprint density at radius 1 is 1.07 bits per heavy atom. The van der Waals surface area contributed by atoms with Gasteiger partial charge in [0, 0.05) is 18.6 Å². The van der Waals surface area contributed by atoms with Crippen molar-refractivity contribution < 1.29 is 24.1 Å². The fraction of sp³-hybridized carbons (Fsp3) is 0.278. The molecule has 2 atom stereocenters. The Morgan fingerprint density at radius 2 is 1.67 bits per heavy atom. The number of non-ortho nitro benzene ring substituents is 2. The van der Waals surface area contributed by atoms with Crippen molar-refractivity contribution in [3.05, 3.63) is 79.9 Å². The van der Waals surface area contributed by atoms with Gasteiger partial charge in [0.15, 0.2) is 0 Å². The molecule has 27 heavy (non-hydrogen) atoms. The zero-order valence-corrected chi connectivity index (χ0v) is 14.1. The summed E-state index contributed by atoms with van der Waals surface area (Å²) in [6, 6.07) is 12.6. The predicted molar refractivity (Wildman–Crippen MR) is 93.2 cm³/mol. The van der Waals surface area contributed by atoms with Gasteiger partial charge >= 0.3 is 5.97 Å². The summed E-state index contributed by atoms with van der Waals surface area (Å²) < 4.78 is 10.7. The van der Waals surface area contributed by atoms with Crippen molar-refractivity contribution in [2.24, 2.45) is 0 Å². The molecule has 0 aromatic heterocycles. The number of carbonyl (C=O) groups is 1. The van der Waals surface area contributed by atoms with E-state index in [1.165, 1.54) is 0 Å². The van der Waals surface area contributed by atoms with E-state index in [-0.39, 0.29) is 18.1 Å². The highest BCUT2D eigenvalue weighted by Crippen LogP contribution is 2.25. The van der Waals surface area contributed by atoms with Gasteiger partial charge in [-0.2, -0.15) is 0 Å². The van der Waals surface area contributed by atoms with Crippen molar-refractivity contribution >= 4 is 17.3 Å². The smallest absolute Gasteiger partial charge is 0.310 e. The quantitative estimate of drug-likeness (QED) is 0.302. The summed E-state index contributed by atoms with van der Waals surface area (Å²) >= 11 is 0. The number of benzene rings is 2. The lowest BCUT2D eigenvalue weighted by atomic mass is 10.1. The molecule has 1 fully saturated rings. The van der Waals surface area contributed by atoms with Gasteiger partial charge in [-0.15, -0.1) is 0 Å². The van der Waals surface area contributed by atoms with E-state index in [0.717, 1.165) is 23.8 Å². The Labute approximate surface area is 153 Å². The molecule has 1 heterocycles. The Kier molecular flexibility index (Phi) is 5.41. The SMILES string of the molecule is O=C(Cc1cc([N+](=O)[O-])cc([N+](=O)[O-])c1)O[C@@H](Cc1ccccc1)[C@@H]1CO1. The first-order valence-corrected chi connectivity index (χ1v) is 8.20. The van der Waals surface area contributed by atoms with E-state index >= 15 is 0 Å². The summed E-state index contributed by atoms with van der Waals surface area (Å²) in [5.41, 5.74) is 0.240. The van der Waals surface area contributed by atoms with Gasteiger partial charge in [0.2, 0.25) is 0 Å². The number of nitro benzene ring substituents is 2. The number of nitro groups is 2. The van der Waals surface area contributed by atoms with E-state index in [1.807, 2.05) is 30.3 Å². The molecule has 0 spiro atoms. The van der Waals surface area contributed by atoms with Gasteiger partial charge in [0.05, 0.1) is 28.9 Å². The third-order valence-corrected chi connectivity index (χ3v) is 4.07. The Morgan fingerprint density at radius 3 is 2.19 bits per heavy atom.